The van der Waals surface area contributed by atoms with Gasteiger partial charge in [-0.3, -0.25) is 0 Å². The molecule has 3 heteroatoms. The Kier molecular flexibility index (Phi) is 4.69. The Hall–Kier alpha value is -0.280. The molecule has 1 aromatic heterocycles. The van der Waals surface area contributed by atoms with Crippen molar-refractivity contribution >= 4 is 15.9 Å². The molecule has 0 spiro atoms. The van der Waals surface area contributed by atoms with Gasteiger partial charge in [-0.2, -0.15) is 0 Å². The monoisotopic (exact) mass is 299 g/mol. The lowest BCUT2D eigenvalue weighted by Crippen LogP contribution is -2.27. The highest BCUT2D eigenvalue weighted by molar-refractivity contribution is 9.10. The molecule has 1 aliphatic carbocycles. The Morgan fingerprint density at radius 3 is 2.94 bits per heavy atom. The van der Waals surface area contributed by atoms with Crippen LogP contribution in [0, 0.1) is 11.8 Å². The Balaban J connectivity index is 1.91. The van der Waals surface area contributed by atoms with Crippen molar-refractivity contribution in [1.82, 2.24) is 5.32 Å². The third-order valence-corrected chi connectivity index (χ3v) is 4.25. The van der Waals surface area contributed by atoms with E-state index in [4.69, 9.17) is 4.42 Å². The number of rotatable bonds is 5. The lowest BCUT2D eigenvalue weighted by molar-refractivity contribution is 0.372. The third kappa shape index (κ3) is 3.35. The molecule has 1 saturated carbocycles. The van der Waals surface area contributed by atoms with Gasteiger partial charge < -0.3 is 9.73 Å². The summed E-state index contributed by atoms with van der Waals surface area (Å²) in [6.45, 7) is 6.74. The van der Waals surface area contributed by atoms with Gasteiger partial charge in [0.1, 0.15) is 5.76 Å². The van der Waals surface area contributed by atoms with Crippen LogP contribution in [0.5, 0.6) is 0 Å². The molecule has 1 N–H and O–H groups in total. The summed E-state index contributed by atoms with van der Waals surface area (Å²) in [5.41, 5.74) is 0. The van der Waals surface area contributed by atoms with E-state index in [2.05, 4.69) is 35.1 Å². The van der Waals surface area contributed by atoms with Crippen molar-refractivity contribution in [2.75, 3.05) is 13.1 Å². The molecule has 96 valence electrons. The van der Waals surface area contributed by atoms with Crippen molar-refractivity contribution in [2.45, 2.75) is 39.0 Å². The predicted octanol–water partition coefficient (Wildman–Crippen LogP) is 4.17. The van der Waals surface area contributed by atoms with Crippen molar-refractivity contribution < 1.29 is 4.42 Å². The predicted molar refractivity (Wildman–Crippen MR) is 74.2 cm³/mol. The lowest BCUT2D eigenvalue weighted by atomic mass is 9.93. The van der Waals surface area contributed by atoms with Gasteiger partial charge in [0, 0.05) is 5.92 Å². The van der Waals surface area contributed by atoms with E-state index in [1.807, 2.05) is 6.07 Å². The van der Waals surface area contributed by atoms with Crippen LogP contribution in [-0.4, -0.2) is 13.1 Å². The van der Waals surface area contributed by atoms with Gasteiger partial charge in [-0.1, -0.05) is 20.3 Å². The SMILES string of the molecule is CC(C)CNCC1CCCC1c1occc1Br. The fourth-order valence-corrected chi connectivity index (χ4v) is 3.25. The fourth-order valence-electron chi connectivity index (χ4n) is 2.75. The molecule has 1 aromatic rings. The molecule has 1 fully saturated rings. The van der Waals surface area contributed by atoms with E-state index in [0.29, 0.717) is 5.92 Å². The Morgan fingerprint density at radius 2 is 2.29 bits per heavy atom. The van der Waals surface area contributed by atoms with Crippen LogP contribution in [0.25, 0.3) is 0 Å². The summed E-state index contributed by atoms with van der Waals surface area (Å²) in [7, 11) is 0. The average molecular weight is 300 g/mol. The average Bonchev–Trinajstić information content (AvgIpc) is 2.86. The van der Waals surface area contributed by atoms with E-state index < -0.39 is 0 Å². The summed E-state index contributed by atoms with van der Waals surface area (Å²) in [5.74, 6) is 3.21. The largest absolute Gasteiger partial charge is 0.468 e. The van der Waals surface area contributed by atoms with E-state index in [1.54, 1.807) is 6.26 Å². The second kappa shape index (κ2) is 6.05. The first-order valence-corrected chi connectivity index (χ1v) is 7.41. The van der Waals surface area contributed by atoms with E-state index in [-0.39, 0.29) is 0 Å². The molecule has 0 radical (unpaired) electrons. The van der Waals surface area contributed by atoms with E-state index in [9.17, 15) is 0 Å². The quantitative estimate of drug-likeness (QED) is 0.883. The summed E-state index contributed by atoms with van der Waals surface area (Å²) in [4.78, 5) is 0. The first-order valence-electron chi connectivity index (χ1n) is 6.62. The van der Waals surface area contributed by atoms with Crippen molar-refractivity contribution in [1.29, 1.82) is 0 Å². The van der Waals surface area contributed by atoms with Crippen LogP contribution in [0.4, 0.5) is 0 Å². The lowest BCUT2D eigenvalue weighted by Gasteiger charge is -2.19. The van der Waals surface area contributed by atoms with Crippen molar-refractivity contribution in [3.63, 3.8) is 0 Å². The topological polar surface area (TPSA) is 25.2 Å². The number of hydrogen-bond acceptors (Lipinski definition) is 2. The Bertz CT molecular complexity index is 348. The van der Waals surface area contributed by atoms with E-state index in [0.717, 1.165) is 35.2 Å². The normalized spacial score (nSPS) is 24.7. The maximum atomic E-state index is 5.63. The van der Waals surface area contributed by atoms with Crippen LogP contribution in [0.2, 0.25) is 0 Å². The fraction of sp³-hybridized carbons (Fsp3) is 0.714. The molecule has 0 saturated heterocycles. The van der Waals surface area contributed by atoms with Crippen molar-refractivity contribution in [3.8, 4) is 0 Å². The standard InChI is InChI=1S/C14H22BrNO/c1-10(2)8-16-9-11-4-3-5-12(11)14-13(15)6-7-17-14/h6-7,10-12,16H,3-5,8-9H2,1-2H3. The van der Waals surface area contributed by atoms with Crippen molar-refractivity contribution in [3.05, 3.63) is 22.6 Å². The van der Waals surface area contributed by atoms with Crippen LogP contribution >= 0.6 is 15.9 Å². The first kappa shape index (κ1) is 13.2. The molecule has 0 aliphatic heterocycles. The number of halogens is 1. The molecule has 0 aromatic carbocycles. The maximum absolute atomic E-state index is 5.63. The minimum Gasteiger partial charge on any atom is -0.468 e. The summed E-state index contributed by atoms with van der Waals surface area (Å²) >= 11 is 3.58. The molecule has 2 rings (SSSR count). The molecule has 1 heterocycles. The number of furan rings is 1. The second-order valence-electron chi connectivity index (χ2n) is 5.48. The molecule has 2 nitrogen and oxygen atoms in total. The maximum Gasteiger partial charge on any atom is 0.121 e. The van der Waals surface area contributed by atoms with Crippen LogP contribution < -0.4 is 5.32 Å². The van der Waals surface area contributed by atoms with Gasteiger partial charge in [0.25, 0.3) is 0 Å². The second-order valence-corrected chi connectivity index (χ2v) is 6.34. The van der Waals surface area contributed by atoms with Crippen LogP contribution in [0.15, 0.2) is 21.2 Å². The minimum absolute atomic E-state index is 0.596. The van der Waals surface area contributed by atoms with Gasteiger partial charge in [-0.05, 0) is 59.8 Å². The molecule has 1 aliphatic rings. The van der Waals surface area contributed by atoms with Gasteiger partial charge >= 0.3 is 0 Å². The summed E-state index contributed by atoms with van der Waals surface area (Å²) in [5, 5.41) is 3.58. The molecule has 0 amide bonds. The molecule has 0 bridgehead atoms. The number of hydrogen-bond donors (Lipinski definition) is 1. The summed E-state index contributed by atoms with van der Waals surface area (Å²) in [6.07, 6.45) is 5.70. The van der Waals surface area contributed by atoms with E-state index >= 15 is 0 Å². The molecular formula is C14H22BrNO. The van der Waals surface area contributed by atoms with E-state index in [1.165, 1.54) is 19.3 Å². The van der Waals surface area contributed by atoms with Gasteiger partial charge in [-0.15, -0.1) is 0 Å². The Labute approximate surface area is 112 Å². The highest BCUT2D eigenvalue weighted by Gasteiger charge is 2.31. The van der Waals surface area contributed by atoms with Gasteiger partial charge in [0.05, 0.1) is 10.7 Å². The molecule has 2 unspecified atom stereocenters. The Morgan fingerprint density at radius 1 is 1.47 bits per heavy atom. The highest BCUT2D eigenvalue weighted by atomic mass is 79.9. The van der Waals surface area contributed by atoms with Crippen LogP contribution in [0.1, 0.15) is 44.8 Å². The van der Waals surface area contributed by atoms with Gasteiger partial charge in [0.2, 0.25) is 0 Å². The molecule has 2 atom stereocenters. The third-order valence-electron chi connectivity index (χ3n) is 3.60. The summed E-state index contributed by atoms with van der Waals surface area (Å²) in [6, 6.07) is 2.01. The molecule has 17 heavy (non-hydrogen) atoms. The minimum atomic E-state index is 0.596. The van der Waals surface area contributed by atoms with Crippen LogP contribution in [0.3, 0.4) is 0 Å². The zero-order valence-corrected chi connectivity index (χ0v) is 12.3. The zero-order valence-electron chi connectivity index (χ0n) is 10.7. The van der Waals surface area contributed by atoms with Gasteiger partial charge in [0.15, 0.2) is 0 Å². The first-order chi connectivity index (χ1) is 8.18. The summed E-state index contributed by atoms with van der Waals surface area (Å²) < 4.78 is 6.77. The highest BCUT2D eigenvalue weighted by Crippen LogP contribution is 2.42. The van der Waals surface area contributed by atoms with Crippen LogP contribution in [-0.2, 0) is 0 Å². The smallest absolute Gasteiger partial charge is 0.121 e. The zero-order chi connectivity index (χ0) is 12.3. The molecular weight excluding hydrogens is 278 g/mol. The number of nitrogens with one attached hydrogen (secondary N) is 1. The van der Waals surface area contributed by atoms with Gasteiger partial charge in [-0.25, -0.2) is 0 Å². The van der Waals surface area contributed by atoms with Crippen molar-refractivity contribution in [2.24, 2.45) is 11.8 Å².